The van der Waals surface area contributed by atoms with Crippen molar-refractivity contribution in [2.45, 2.75) is 5.92 Å². The number of benzene rings is 1. The lowest BCUT2D eigenvalue weighted by molar-refractivity contribution is 0.438. The van der Waals surface area contributed by atoms with E-state index in [9.17, 15) is 0 Å². The van der Waals surface area contributed by atoms with Gasteiger partial charge in [-0.1, -0.05) is 18.2 Å². The molecule has 0 unspecified atom stereocenters. The maximum absolute atomic E-state index is 4.59. The van der Waals surface area contributed by atoms with Crippen LogP contribution >= 0.6 is 0 Å². The van der Waals surface area contributed by atoms with Gasteiger partial charge in [0, 0.05) is 31.4 Å². The fraction of sp³-hybridized carbons (Fsp3) is 0.364. The van der Waals surface area contributed by atoms with Crippen molar-refractivity contribution in [3.63, 3.8) is 0 Å². The van der Waals surface area contributed by atoms with Gasteiger partial charge in [-0.05, 0) is 6.07 Å². The van der Waals surface area contributed by atoms with E-state index in [4.69, 9.17) is 0 Å². The first kappa shape index (κ1) is 8.00. The fourth-order valence-electron chi connectivity index (χ4n) is 2.03. The molecule has 0 bridgehead atoms. The summed E-state index contributed by atoms with van der Waals surface area (Å²) in [6.07, 6.45) is 0. The van der Waals surface area contributed by atoms with Crippen LogP contribution in [0.5, 0.6) is 0 Å². The number of hydrogen-bond donors (Lipinski definition) is 1. The third kappa shape index (κ3) is 0.990. The van der Waals surface area contributed by atoms with Gasteiger partial charge in [0.15, 0.2) is 0 Å². The second kappa shape index (κ2) is 2.82. The molecule has 3 heteroatoms. The Morgan fingerprint density at radius 2 is 2.14 bits per heavy atom. The van der Waals surface area contributed by atoms with Crippen LogP contribution in [-0.4, -0.2) is 22.9 Å². The highest BCUT2D eigenvalue weighted by atomic mass is 15.3. The van der Waals surface area contributed by atoms with Crippen molar-refractivity contribution in [1.82, 2.24) is 15.1 Å². The smallest absolute Gasteiger partial charge is 0.0759 e. The largest absolute Gasteiger partial charge is 0.315 e. The monoisotopic (exact) mass is 187 g/mol. The molecule has 1 aliphatic heterocycles. The number of aromatic nitrogens is 2. The van der Waals surface area contributed by atoms with Crippen LogP contribution in [0.4, 0.5) is 0 Å². The van der Waals surface area contributed by atoms with Gasteiger partial charge in [0.25, 0.3) is 0 Å². The average molecular weight is 187 g/mol. The van der Waals surface area contributed by atoms with Gasteiger partial charge in [0.1, 0.15) is 0 Å². The van der Waals surface area contributed by atoms with E-state index in [1.54, 1.807) is 0 Å². The zero-order chi connectivity index (χ0) is 9.54. The van der Waals surface area contributed by atoms with E-state index in [1.807, 2.05) is 11.7 Å². The van der Waals surface area contributed by atoms with E-state index in [0.29, 0.717) is 5.92 Å². The first-order chi connectivity index (χ1) is 6.86. The van der Waals surface area contributed by atoms with Crippen molar-refractivity contribution in [2.24, 2.45) is 7.05 Å². The number of fused-ring (bicyclic) bond motifs is 1. The molecule has 72 valence electrons. The van der Waals surface area contributed by atoms with Crippen LogP contribution < -0.4 is 5.32 Å². The number of nitrogens with zero attached hydrogens (tertiary/aromatic N) is 2. The Kier molecular flexibility index (Phi) is 1.61. The fourth-order valence-corrected chi connectivity index (χ4v) is 2.03. The summed E-state index contributed by atoms with van der Waals surface area (Å²) in [6, 6.07) is 8.43. The maximum atomic E-state index is 4.59. The highest BCUT2D eigenvalue weighted by Gasteiger charge is 2.23. The zero-order valence-electron chi connectivity index (χ0n) is 8.20. The van der Waals surface area contributed by atoms with Crippen molar-refractivity contribution in [3.05, 3.63) is 30.0 Å². The van der Waals surface area contributed by atoms with Gasteiger partial charge in [-0.2, -0.15) is 5.10 Å². The van der Waals surface area contributed by atoms with Crippen molar-refractivity contribution >= 4 is 10.9 Å². The van der Waals surface area contributed by atoms with Crippen molar-refractivity contribution in [1.29, 1.82) is 0 Å². The molecular formula is C11H13N3. The topological polar surface area (TPSA) is 29.9 Å². The third-order valence-corrected chi connectivity index (χ3v) is 2.95. The Balaban J connectivity index is 2.23. The normalized spacial score (nSPS) is 17.2. The second-order valence-electron chi connectivity index (χ2n) is 3.88. The first-order valence-corrected chi connectivity index (χ1v) is 4.98. The molecule has 0 amide bonds. The minimum Gasteiger partial charge on any atom is -0.315 e. The maximum Gasteiger partial charge on any atom is 0.0759 e. The Hall–Kier alpha value is -1.35. The molecule has 1 saturated heterocycles. The molecule has 3 nitrogen and oxygen atoms in total. The third-order valence-electron chi connectivity index (χ3n) is 2.95. The molecule has 1 N–H and O–H groups in total. The van der Waals surface area contributed by atoms with E-state index < -0.39 is 0 Å². The minimum atomic E-state index is 0.612. The van der Waals surface area contributed by atoms with Crippen LogP contribution in [-0.2, 0) is 7.05 Å². The number of para-hydroxylation sites is 1. The molecule has 0 radical (unpaired) electrons. The van der Waals surface area contributed by atoms with E-state index in [0.717, 1.165) is 13.1 Å². The minimum absolute atomic E-state index is 0.612. The molecule has 0 atom stereocenters. The van der Waals surface area contributed by atoms with Crippen molar-refractivity contribution in [3.8, 4) is 0 Å². The highest BCUT2D eigenvalue weighted by molar-refractivity contribution is 5.82. The molecule has 14 heavy (non-hydrogen) atoms. The summed E-state index contributed by atoms with van der Waals surface area (Å²) < 4.78 is 1.98. The molecule has 0 spiro atoms. The van der Waals surface area contributed by atoms with E-state index >= 15 is 0 Å². The summed E-state index contributed by atoms with van der Waals surface area (Å²) in [4.78, 5) is 0. The van der Waals surface area contributed by atoms with Gasteiger partial charge in [-0.3, -0.25) is 4.68 Å². The average Bonchev–Trinajstić information content (AvgIpc) is 2.43. The molecule has 0 aliphatic carbocycles. The molecule has 2 heterocycles. The standard InChI is InChI=1S/C11H13N3/c1-14-10-5-3-2-4-9(10)11(13-14)8-6-12-7-8/h2-5,8,12H,6-7H2,1H3. The van der Waals surface area contributed by atoms with Crippen LogP contribution in [0.15, 0.2) is 24.3 Å². The summed E-state index contributed by atoms with van der Waals surface area (Å²) in [6.45, 7) is 2.14. The number of rotatable bonds is 1. The van der Waals surface area contributed by atoms with Crippen LogP contribution in [0.1, 0.15) is 11.6 Å². The Labute approximate surface area is 82.7 Å². The van der Waals surface area contributed by atoms with Gasteiger partial charge >= 0.3 is 0 Å². The summed E-state index contributed by atoms with van der Waals surface area (Å²) in [5.74, 6) is 0.612. The lowest BCUT2D eigenvalue weighted by Crippen LogP contribution is -2.40. The predicted octanol–water partition coefficient (Wildman–Crippen LogP) is 1.26. The van der Waals surface area contributed by atoms with Crippen LogP contribution in [0.2, 0.25) is 0 Å². The number of aryl methyl sites for hydroxylation is 1. The van der Waals surface area contributed by atoms with E-state index in [1.165, 1.54) is 16.6 Å². The second-order valence-corrected chi connectivity index (χ2v) is 3.88. The van der Waals surface area contributed by atoms with Crippen molar-refractivity contribution < 1.29 is 0 Å². The summed E-state index contributed by atoms with van der Waals surface area (Å²) in [5, 5.41) is 9.18. The van der Waals surface area contributed by atoms with Gasteiger partial charge in [-0.25, -0.2) is 0 Å². The zero-order valence-corrected chi connectivity index (χ0v) is 8.20. The van der Waals surface area contributed by atoms with Crippen molar-refractivity contribution in [2.75, 3.05) is 13.1 Å². The number of nitrogens with one attached hydrogen (secondary N) is 1. The predicted molar refractivity (Wildman–Crippen MR) is 56.3 cm³/mol. The molecule has 1 fully saturated rings. The summed E-state index contributed by atoms with van der Waals surface area (Å²) >= 11 is 0. The molecular weight excluding hydrogens is 174 g/mol. The Bertz CT molecular complexity index is 468. The molecule has 1 aromatic carbocycles. The number of hydrogen-bond acceptors (Lipinski definition) is 2. The van der Waals surface area contributed by atoms with Gasteiger partial charge in [0.2, 0.25) is 0 Å². The van der Waals surface area contributed by atoms with Gasteiger partial charge in [-0.15, -0.1) is 0 Å². The Morgan fingerprint density at radius 1 is 1.36 bits per heavy atom. The molecule has 2 aromatic rings. The lowest BCUT2D eigenvalue weighted by atomic mass is 9.97. The van der Waals surface area contributed by atoms with Crippen LogP contribution in [0.3, 0.4) is 0 Å². The van der Waals surface area contributed by atoms with Crippen LogP contribution in [0, 0.1) is 0 Å². The SMILES string of the molecule is Cn1nc(C2CNC2)c2ccccc21. The molecule has 1 aromatic heterocycles. The molecule has 0 saturated carbocycles. The van der Waals surface area contributed by atoms with E-state index in [-0.39, 0.29) is 0 Å². The van der Waals surface area contributed by atoms with Gasteiger partial charge < -0.3 is 5.32 Å². The molecule has 1 aliphatic rings. The quantitative estimate of drug-likeness (QED) is 0.728. The summed E-state index contributed by atoms with van der Waals surface area (Å²) in [7, 11) is 2.01. The summed E-state index contributed by atoms with van der Waals surface area (Å²) in [5.41, 5.74) is 2.48. The first-order valence-electron chi connectivity index (χ1n) is 4.98. The van der Waals surface area contributed by atoms with E-state index in [2.05, 4.69) is 34.7 Å². The highest BCUT2D eigenvalue weighted by Crippen LogP contribution is 2.26. The van der Waals surface area contributed by atoms with Crippen LogP contribution in [0.25, 0.3) is 10.9 Å². The Morgan fingerprint density at radius 3 is 2.86 bits per heavy atom. The lowest BCUT2D eigenvalue weighted by Gasteiger charge is -2.25. The molecule has 3 rings (SSSR count). The van der Waals surface area contributed by atoms with Gasteiger partial charge in [0.05, 0.1) is 11.2 Å².